The number of aromatic nitrogens is 1. The molecule has 0 fully saturated rings. The molecule has 0 spiro atoms. The highest BCUT2D eigenvalue weighted by Crippen LogP contribution is 2.30. The van der Waals surface area contributed by atoms with Crippen molar-refractivity contribution in [3.8, 4) is 11.1 Å². The molecule has 1 aromatic heterocycles. The van der Waals surface area contributed by atoms with Gasteiger partial charge in [0.2, 0.25) is 0 Å². The monoisotopic (exact) mass is 288 g/mol. The van der Waals surface area contributed by atoms with Crippen molar-refractivity contribution in [2.24, 2.45) is 0 Å². The minimum absolute atomic E-state index is 0.346. The molecule has 0 unspecified atom stereocenters. The highest BCUT2D eigenvalue weighted by Gasteiger charge is 2.10. The Kier molecular flexibility index (Phi) is 3.55. The zero-order chi connectivity index (χ0) is 15.5. The van der Waals surface area contributed by atoms with Crippen molar-refractivity contribution >= 4 is 22.6 Å². The van der Waals surface area contributed by atoms with Crippen LogP contribution < -0.4 is 0 Å². The summed E-state index contributed by atoms with van der Waals surface area (Å²) in [6, 6.07) is 14.9. The number of carbonyl (C=O) groups excluding carboxylic acids is 1. The van der Waals surface area contributed by atoms with E-state index in [1.165, 1.54) is 7.11 Å². The second-order valence-electron chi connectivity index (χ2n) is 4.75. The van der Waals surface area contributed by atoms with Gasteiger partial charge in [-0.05, 0) is 46.2 Å². The van der Waals surface area contributed by atoms with Crippen molar-refractivity contribution in [2.75, 3.05) is 7.11 Å². The number of benzene rings is 2. The molecule has 1 heterocycles. The number of carbonyl (C=O) groups is 1. The van der Waals surface area contributed by atoms with Crippen LogP contribution in [-0.4, -0.2) is 18.1 Å². The molecule has 0 bridgehead atoms. The van der Waals surface area contributed by atoms with Gasteiger partial charge in [0.15, 0.2) is 0 Å². The standard InChI is InChI=1S/C18H12N2O2/c1-19-17-11-13(8-9-20-17)15-5-3-4-12-6-7-14(10-16(12)15)18(21)22-2/h3-11H,2H3. The SMILES string of the molecule is [C-]#[N+]c1cc(-c2cccc3ccc(C(=O)OC)cc23)ccn1. The highest BCUT2D eigenvalue weighted by molar-refractivity contribution is 6.01. The van der Waals surface area contributed by atoms with Crippen molar-refractivity contribution in [1.29, 1.82) is 0 Å². The molecule has 0 aliphatic heterocycles. The van der Waals surface area contributed by atoms with Crippen LogP contribution in [0.3, 0.4) is 0 Å². The molecule has 0 atom stereocenters. The van der Waals surface area contributed by atoms with Crippen molar-refractivity contribution in [3.63, 3.8) is 0 Å². The quantitative estimate of drug-likeness (QED) is 0.523. The number of pyridine rings is 1. The van der Waals surface area contributed by atoms with Crippen LogP contribution in [0.2, 0.25) is 0 Å². The molecule has 0 saturated carbocycles. The van der Waals surface area contributed by atoms with E-state index in [-0.39, 0.29) is 5.97 Å². The Morgan fingerprint density at radius 2 is 2.05 bits per heavy atom. The van der Waals surface area contributed by atoms with Crippen LogP contribution in [0.4, 0.5) is 5.82 Å². The minimum Gasteiger partial charge on any atom is -0.465 e. The van der Waals surface area contributed by atoms with Crippen LogP contribution in [0.25, 0.3) is 26.7 Å². The summed E-state index contributed by atoms with van der Waals surface area (Å²) in [5, 5.41) is 1.96. The van der Waals surface area contributed by atoms with Crippen LogP contribution in [0.1, 0.15) is 10.4 Å². The third-order valence-corrected chi connectivity index (χ3v) is 3.47. The number of fused-ring (bicyclic) bond motifs is 1. The third kappa shape index (κ3) is 2.40. The minimum atomic E-state index is -0.367. The Hall–Kier alpha value is -3.19. The molecule has 0 saturated heterocycles. The molecule has 0 radical (unpaired) electrons. The Morgan fingerprint density at radius 3 is 2.82 bits per heavy atom. The van der Waals surface area contributed by atoms with Crippen LogP contribution in [0.5, 0.6) is 0 Å². The van der Waals surface area contributed by atoms with Gasteiger partial charge in [-0.1, -0.05) is 30.8 Å². The molecule has 4 nitrogen and oxygen atoms in total. The van der Waals surface area contributed by atoms with E-state index in [2.05, 4.69) is 9.83 Å². The number of ether oxygens (including phenoxy) is 1. The van der Waals surface area contributed by atoms with Crippen molar-refractivity contribution < 1.29 is 9.53 Å². The summed E-state index contributed by atoms with van der Waals surface area (Å²) in [5.74, 6) is -0.0214. The van der Waals surface area contributed by atoms with Gasteiger partial charge in [-0.3, -0.25) is 0 Å². The normalized spacial score (nSPS) is 10.2. The molecule has 0 aliphatic rings. The van der Waals surface area contributed by atoms with E-state index in [4.69, 9.17) is 11.3 Å². The maximum Gasteiger partial charge on any atom is 0.337 e. The molecule has 3 aromatic rings. The number of nitrogens with zero attached hydrogens (tertiary/aromatic N) is 2. The lowest BCUT2D eigenvalue weighted by molar-refractivity contribution is 0.0601. The topological polar surface area (TPSA) is 43.5 Å². The van der Waals surface area contributed by atoms with Crippen LogP contribution in [-0.2, 0) is 4.74 Å². The highest BCUT2D eigenvalue weighted by atomic mass is 16.5. The molecule has 106 valence electrons. The first-order valence-electron chi connectivity index (χ1n) is 6.68. The van der Waals surface area contributed by atoms with E-state index in [9.17, 15) is 4.79 Å². The van der Waals surface area contributed by atoms with Gasteiger partial charge in [0.1, 0.15) is 6.20 Å². The van der Waals surface area contributed by atoms with Gasteiger partial charge < -0.3 is 9.58 Å². The van der Waals surface area contributed by atoms with Gasteiger partial charge in [0.05, 0.1) is 12.7 Å². The van der Waals surface area contributed by atoms with E-state index < -0.39 is 0 Å². The zero-order valence-corrected chi connectivity index (χ0v) is 11.9. The second-order valence-corrected chi connectivity index (χ2v) is 4.75. The summed E-state index contributed by atoms with van der Waals surface area (Å²) in [6.45, 7) is 7.08. The van der Waals surface area contributed by atoms with Crippen LogP contribution in [0.15, 0.2) is 54.7 Å². The first kappa shape index (κ1) is 13.8. The summed E-state index contributed by atoms with van der Waals surface area (Å²) in [4.78, 5) is 19.1. The lowest BCUT2D eigenvalue weighted by Gasteiger charge is -2.08. The number of esters is 1. The van der Waals surface area contributed by atoms with Crippen molar-refractivity contribution in [2.45, 2.75) is 0 Å². The largest absolute Gasteiger partial charge is 0.465 e. The first-order valence-corrected chi connectivity index (χ1v) is 6.68. The summed E-state index contributed by atoms with van der Waals surface area (Å²) >= 11 is 0. The fourth-order valence-corrected chi connectivity index (χ4v) is 2.42. The Bertz CT molecular complexity index is 910. The molecule has 3 rings (SSSR count). The van der Waals surface area contributed by atoms with E-state index in [1.54, 1.807) is 18.3 Å². The molecular formula is C18H12N2O2. The maximum absolute atomic E-state index is 11.7. The van der Waals surface area contributed by atoms with E-state index in [0.717, 1.165) is 21.9 Å². The van der Waals surface area contributed by atoms with Gasteiger partial charge in [-0.2, -0.15) is 0 Å². The molecular weight excluding hydrogens is 276 g/mol. The molecule has 2 aromatic carbocycles. The Labute approximate surface area is 127 Å². The molecule has 22 heavy (non-hydrogen) atoms. The van der Waals surface area contributed by atoms with E-state index in [0.29, 0.717) is 11.4 Å². The van der Waals surface area contributed by atoms with Crippen molar-refractivity contribution in [3.05, 3.63) is 71.7 Å². The van der Waals surface area contributed by atoms with Gasteiger partial charge in [0, 0.05) is 0 Å². The van der Waals surface area contributed by atoms with E-state index >= 15 is 0 Å². The Balaban J connectivity index is 2.24. The Morgan fingerprint density at radius 1 is 1.18 bits per heavy atom. The molecule has 0 amide bonds. The van der Waals surface area contributed by atoms with Crippen LogP contribution >= 0.6 is 0 Å². The summed E-state index contributed by atoms with van der Waals surface area (Å²) in [5.41, 5.74) is 2.35. The predicted molar refractivity (Wildman–Crippen MR) is 84.8 cm³/mol. The summed E-state index contributed by atoms with van der Waals surface area (Å²) in [6.07, 6.45) is 1.62. The van der Waals surface area contributed by atoms with Gasteiger partial charge in [0.25, 0.3) is 5.82 Å². The summed E-state index contributed by atoms with van der Waals surface area (Å²) < 4.78 is 4.78. The van der Waals surface area contributed by atoms with Gasteiger partial charge in [-0.25, -0.2) is 4.79 Å². The van der Waals surface area contributed by atoms with Crippen molar-refractivity contribution in [1.82, 2.24) is 4.98 Å². The van der Waals surface area contributed by atoms with E-state index in [1.807, 2.05) is 36.4 Å². The lowest BCUT2D eigenvalue weighted by Crippen LogP contribution is -2.00. The number of rotatable bonds is 2. The third-order valence-electron chi connectivity index (χ3n) is 3.47. The zero-order valence-electron chi connectivity index (χ0n) is 11.9. The maximum atomic E-state index is 11.7. The molecule has 0 N–H and O–H groups in total. The average molecular weight is 288 g/mol. The molecule has 4 heteroatoms. The average Bonchev–Trinajstić information content (AvgIpc) is 2.60. The number of methoxy groups -OCH3 is 1. The van der Waals surface area contributed by atoms with Gasteiger partial charge in [-0.15, -0.1) is 4.98 Å². The first-order chi connectivity index (χ1) is 10.7. The van der Waals surface area contributed by atoms with Gasteiger partial charge >= 0.3 is 5.97 Å². The second kappa shape index (κ2) is 5.66. The fourth-order valence-electron chi connectivity index (χ4n) is 2.42. The molecule has 0 aliphatic carbocycles. The smallest absolute Gasteiger partial charge is 0.337 e. The number of hydrogen-bond acceptors (Lipinski definition) is 3. The van der Waals surface area contributed by atoms with Crippen LogP contribution in [0, 0.1) is 6.57 Å². The summed E-state index contributed by atoms with van der Waals surface area (Å²) in [7, 11) is 1.36. The number of hydrogen-bond donors (Lipinski definition) is 0. The predicted octanol–water partition coefficient (Wildman–Crippen LogP) is 4.24. The lowest BCUT2D eigenvalue weighted by atomic mass is 9.97. The fraction of sp³-hybridized carbons (Fsp3) is 0.0556.